The number of ether oxygens (including phenoxy) is 1. The molecule has 0 atom stereocenters. The molecule has 0 amide bonds. The fourth-order valence-electron chi connectivity index (χ4n) is 1.98. The monoisotopic (exact) mass is 262 g/mol. The van der Waals surface area contributed by atoms with E-state index in [2.05, 4.69) is 14.9 Å². The molecule has 0 spiro atoms. The fraction of sp³-hybridized carbons (Fsp3) is 0.500. The zero-order valence-corrected chi connectivity index (χ0v) is 10.3. The predicted molar refractivity (Wildman–Crippen MR) is 65.6 cm³/mol. The Morgan fingerprint density at radius 3 is 2.74 bits per heavy atom. The molecule has 1 aliphatic heterocycles. The number of carbonyl (C=O) groups is 1. The molecule has 1 aromatic rings. The average molecular weight is 262 g/mol. The van der Waals surface area contributed by atoms with E-state index in [-0.39, 0.29) is 12.7 Å². The van der Waals surface area contributed by atoms with Crippen LogP contribution in [0.3, 0.4) is 0 Å². The third-order valence-electron chi connectivity index (χ3n) is 2.96. The molecule has 2 rings (SSSR count). The number of aromatic nitrogens is 2. The van der Waals surface area contributed by atoms with Gasteiger partial charge in [0, 0.05) is 13.1 Å². The zero-order chi connectivity index (χ0) is 13.7. The van der Waals surface area contributed by atoms with Crippen LogP contribution in [0.5, 0.6) is 0 Å². The molecule has 0 bridgehead atoms. The van der Waals surface area contributed by atoms with E-state index >= 15 is 0 Å². The van der Waals surface area contributed by atoms with Gasteiger partial charge in [0.25, 0.3) is 0 Å². The molecule has 1 aromatic heterocycles. The Labute approximate surface area is 110 Å². The number of hydrogen-bond donors (Lipinski definition) is 1. The SMILES string of the molecule is N#Cc1cnc(N2CCC(OCC(=O)O)CC2)cn1. The summed E-state index contributed by atoms with van der Waals surface area (Å²) in [6, 6.07) is 1.92. The van der Waals surface area contributed by atoms with Crippen molar-refractivity contribution >= 4 is 11.8 Å². The Bertz CT molecular complexity index is 475. The van der Waals surface area contributed by atoms with Crippen molar-refractivity contribution in [1.82, 2.24) is 9.97 Å². The van der Waals surface area contributed by atoms with Crippen LogP contribution in [-0.4, -0.2) is 46.8 Å². The van der Waals surface area contributed by atoms with E-state index in [0.29, 0.717) is 5.69 Å². The van der Waals surface area contributed by atoms with Gasteiger partial charge in [-0.25, -0.2) is 14.8 Å². The first-order chi connectivity index (χ1) is 9.19. The first-order valence-corrected chi connectivity index (χ1v) is 5.99. The van der Waals surface area contributed by atoms with Crippen molar-refractivity contribution in [2.75, 3.05) is 24.6 Å². The summed E-state index contributed by atoms with van der Waals surface area (Å²) in [5.74, 6) is -0.212. The minimum Gasteiger partial charge on any atom is -0.480 e. The van der Waals surface area contributed by atoms with Gasteiger partial charge in [-0.15, -0.1) is 0 Å². The van der Waals surface area contributed by atoms with Crippen molar-refractivity contribution in [2.45, 2.75) is 18.9 Å². The lowest BCUT2D eigenvalue weighted by Gasteiger charge is -2.32. The Hall–Kier alpha value is -2.20. The van der Waals surface area contributed by atoms with Gasteiger partial charge in [-0.3, -0.25) is 0 Å². The van der Waals surface area contributed by atoms with E-state index in [1.807, 2.05) is 6.07 Å². The standard InChI is InChI=1S/C12H14N4O3/c13-5-9-6-15-11(7-14-9)16-3-1-10(2-4-16)19-8-12(17)18/h6-7,10H,1-4,8H2,(H,17,18). The van der Waals surface area contributed by atoms with Crippen molar-refractivity contribution < 1.29 is 14.6 Å². The number of hydrogen-bond acceptors (Lipinski definition) is 6. The highest BCUT2D eigenvalue weighted by Crippen LogP contribution is 2.18. The van der Waals surface area contributed by atoms with E-state index in [0.717, 1.165) is 31.7 Å². The molecule has 0 saturated carbocycles. The maximum absolute atomic E-state index is 10.4. The molecule has 7 nitrogen and oxygen atoms in total. The van der Waals surface area contributed by atoms with Gasteiger partial charge in [-0.2, -0.15) is 5.26 Å². The Morgan fingerprint density at radius 1 is 1.47 bits per heavy atom. The number of anilines is 1. The van der Waals surface area contributed by atoms with Crippen LogP contribution in [0.4, 0.5) is 5.82 Å². The smallest absolute Gasteiger partial charge is 0.329 e. The van der Waals surface area contributed by atoms with Crippen molar-refractivity contribution in [2.24, 2.45) is 0 Å². The second-order valence-corrected chi connectivity index (χ2v) is 4.26. The first kappa shape index (κ1) is 13.2. The summed E-state index contributed by atoms with van der Waals surface area (Å²) in [6.07, 6.45) is 4.53. The maximum atomic E-state index is 10.4. The number of piperidine rings is 1. The molecule has 1 N–H and O–H groups in total. The normalized spacial score (nSPS) is 16.1. The van der Waals surface area contributed by atoms with Crippen LogP contribution in [0, 0.1) is 11.3 Å². The molecule has 0 radical (unpaired) electrons. The number of nitriles is 1. The minimum absolute atomic E-state index is 0.0151. The van der Waals surface area contributed by atoms with Crippen LogP contribution in [0.25, 0.3) is 0 Å². The van der Waals surface area contributed by atoms with Gasteiger partial charge in [-0.05, 0) is 12.8 Å². The van der Waals surface area contributed by atoms with Gasteiger partial charge in [0.2, 0.25) is 0 Å². The summed E-state index contributed by atoms with van der Waals surface area (Å²) in [5.41, 5.74) is 0.295. The highest BCUT2D eigenvalue weighted by molar-refractivity contribution is 5.68. The third kappa shape index (κ3) is 3.63. The number of nitrogens with zero attached hydrogens (tertiary/aromatic N) is 4. The first-order valence-electron chi connectivity index (χ1n) is 5.99. The molecule has 1 saturated heterocycles. The van der Waals surface area contributed by atoms with Gasteiger partial charge >= 0.3 is 5.97 Å². The highest BCUT2D eigenvalue weighted by Gasteiger charge is 2.21. The third-order valence-corrected chi connectivity index (χ3v) is 2.96. The van der Waals surface area contributed by atoms with Gasteiger partial charge in [0.05, 0.1) is 18.5 Å². The molecule has 1 fully saturated rings. The summed E-state index contributed by atoms with van der Waals surface area (Å²) in [6.45, 7) is 1.23. The summed E-state index contributed by atoms with van der Waals surface area (Å²) in [4.78, 5) is 20.6. The zero-order valence-electron chi connectivity index (χ0n) is 10.3. The van der Waals surface area contributed by atoms with Crippen LogP contribution in [-0.2, 0) is 9.53 Å². The molecule has 1 aliphatic rings. The molecule has 7 heteroatoms. The van der Waals surface area contributed by atoms with Gasteiger partial charge in [0.15, 0.2) is 5.69 Å². The van der Waals surface area contributed by atoms with Crippen LogP contribution in [0.2, 0.25) is 0 Å². The summed E-state index contributed by atoms with van der Waals surface area (Å²) in [5, 5.41) is 17.2. The lowest BCUT2D eigenvalue weighted by Crippen LogP contribution is -2.38. The van der Waals surface area contributed by atoms with Crippen LogP contribution in [0.1, 0.15) is 18.5 Å². The molecule has 0 aromatic carbocycles. The average Bonchev–Trinajstić information content (AvgIpc) is 2.46. The largest absolute Gasteiger partial charge is 0.480 e. The lowest BCUT2D eigenvalue weighted by molar-refractivity contribution is -0.144. The number of aliphatic carboxylic acids is 1. The Kier molecular flexibility index (Phi) is 4.26. The number of carboxylic acid groups (broad SMARTS) is 1. The van der Waals surface area contributed by atoms with Gasteiger partial charge in [-0.1, -0.05) is 0 Å². The molecule has 0 unspecified atom stereocenters. The van der Waals surface area contributed by atoms with E-state index in [1.165, 1.54) is 6.20 Å². The molecule has 0 aliphatic carbocycles. The second kappa shape index (κ2) is 6.11. The Morgan fingerprint density at radius 2 is 2.21 bits per heavy atom. The lowest BCUT2D eigenvalue weighted by atomic mass is 10.1. The van der Waals surface area contributed by atoms with Crippen molar-refractivity contribution in [3.63, 3.8) is 0 Å². The van der Waals surface area contributed by atoms with Crippen molar-refractivity contribution in [1.29, 1.82) is 5.26 Å². The topological polar surface area (TPSA) is 99.3 Å². The molecular formula is C12H14N4O3. The number of rotatable bonds is 4. The molecule has 2 heterocycles. The summed E-state index contributed by atoms with van der Waals surface area (Å²) >= 11 is 0. The van der Waals surface area contributed by atoms with Gasteiger partial charge < -0.3 is 14.7 Å². The van der Waals surface area contributed by atoms with Crippen molar-refractivity contribution in [3.8, 4) is 6.07 Å². The van der Waals surface area contributed by atoms with Gasteiger partial charge in [0.1, 0.15) is 18.5 Å². The van der Waals surface area contributed by atoms with E-state index in [4.69, 9.17) is 15.1 Å². The molecular weight excluding hydrogens is 248 g/mol. The van der Waals surface area contributed by atoms with E-state index < -0.39 is 5.97 Å². The molecule has 19 heavy (non-hydrogen) atoms. The van der Waals surface area contributed by atoms with E-state index in [1.54, 1.807) is 6.20 Å². The second-order valence-electron chi connectivity index (χ2n) is 4.26. The molecule has 100 valence electrons. The Balaban J connectivity index is 1.85. The van der Waals surface area contributed by atoms with Crippen LogP contribution < -0.4 is 4.90 Å². The predicted octanol–water partition coefficient (Wildman–Crippen LogP) is 0.418. The van der Waals surface area contributed by atoms with E-state index in [9.17, 15) is 4.79 Å². The van der Waals surface area contributed by atoms with Crippen molar-refractivity contribution in [3.05, 3.63) is 18.1 Å². The van der Waals surface area contributed by atoms with Crippen LogP contribution in [0.15, 0.2) is 12.4 Å². The quantitative estimate of drug-likeness (QED) is 0.839. The minimum atomic E-state index is -0.944. The number of carboxylic acids is 1. The highest BCUT2D eigenvalue weighted by atomic mass is 16.5. The summed E-state index contributed by atoms with van der Waals surface area (Å²) in [7, 11) is 0. The van der Waals surface area contributed by atoms with Crippen LogP contribution >= 0.6 is 0 Å². The maximum Gasteiger partial charge on any atom is 0.329 e. The fourth-order valence-corrected chi connectivity index (χ4v) is 1.98. The summed E-state index contributed by atoms with van der Waals surface area (Å²) < 4.78 is 5.26.